The van der Waals surface area contributed by atoms with Gasteiger partial charge in [-0.25, -0.2) is 8.42 Å². The average molecular weight is 415 g/mol. The summed E-state index contributed by atoms with van der Waals surface area (Å²) in [6.45, 7) is 4.35. The molecular formula is C21H43NaO4S. The van der Waals surface area contributed by atoms with Crippen molar-refractivity contribution in [3.63, 3.8) is 0 Å². The van der Waals surface area contributed by atoms with Crippen molar-refractivity contribution in [2.45, 2.75) is 134 Å². The third-order valence-electron chi connectivity index (χ3n) is 5.24. The third-order valence-corrected chi connectivity index (χ3v) is 6.53. The van der Waals surface area contributed by atoms with Gasteiger partial charge in [0.1, 0.15) is 0 Å². The van der Waals surface area contributed by atoms with Crippen molar-refractivity contribution in [1.29, 1.82) is 0 Å². The maximum absolute atomic E-state index is 11.4. The minimum absolute atomic E-state index is 0. The van der Waals surface area contributed by atoms with E-state index < -0.39 is 15.4 Å². The minimum atomic E-state index is -4.18. The van der Waals surface area contributed by atoms with Gasteiger partial charge >= 0.3 is 29.6 Å². The van der Waals surface area contributed by atoms with Crippen LogP contribution in [0.3, 0.4) is 0 Å². The minimum Gasteiger partial charge on any atom is -0.748 e. The zero-order chi connectivity index (χ0) is 19.7. The van der Waals surface area contributed by atoms with Crippen molar-refractivity contribution in [2.24, 2.45) is 0 Å². The summed E-state index contributed by atoms with van der Waals surface area (Å²) in [7, 11) is -4.18. The fraction of sp³-hybridized carbons (Fsp3) is 1.00. The van der Waals surface area contributed by atoms with E-state index in [0.717, 1.165) is 57.8 Å². The molecule has 6 heteroatoms. The molecule has 0 aliphatic carbocycles. The molecule has 0 aromatic carbocycles. The standard InChI is InChI=1S/C21H44O4S.Na/c1-3-5-7-9-10-14-18-21(26(23,24)25)19-15-11-13-17-20(22)16-12-8-6-4-2;/h20-22H,3-19H2,1-2H3,(H,23,24,25);/q;+1/p-1. The Bertz CT molecular complexity index is 401. The Morgan fingerprint density at radius 3 is 1.44 bits per heavy atom. The molecular weight excluding hydrogens is 371 g/mol. The smallest absolute Gasteiger partial charge is 0.748 e. The molecule has 0 radical (unpaired) electrons. The van der Waals surface area contributed by atoms with Crippen LogP contribution < -0.4 is 29.6 Å². The molecule has 0 amide bonds. The molecule has 0 rings (SSSR count). The van der Waals surface area contributed by atoms with E-state index in [0.29, 0.717) is 12.8 Å². The molecule has 4 nitrogen and oxygen atoms in total. The summed E-state index contributed by atoms with van der Waals surface area (Å²) in [4.78, 5) is 0. The van der Waals surface area contributed by atoms with Crippen molar-refractivity contribution in [3.8, 4) is 0 Å². The van der Waals surface area contributed by atoms with Gasteiger partial charge in [-0.2, -0.15) is 0 Å². The van der Waals surface area contributed by atoms with Gasteiger partial charge in [0.05, 0.1) is 16.2 Å². The number of aliphatic hydroxyl groups excluding tert-OH is 1. The molecule has 0 saturated carbocycles. The van der Waals surface area contributed by atoms with E-state index in [1.54, 1.807) is 0 Å². The van der Waals surface area contributed by atoms with Gasteiger partial charge in [0.2, 0.25) is 0 Å². The quantitative estimate of drug-likeness (QED) is 0.200. The van der Waals surface area contributed by atoms with Gasteiger partial charge in [-0.1, -0.05) is 97.3 Å². The van der Waals surface area contributed by atoms with E-state index in [9.17, 15) is 18.1 Å². The second-order valence-electron chi connectivity index (χ2n) is 7.81. The maximum Gasteiger partial charge on any atom is 1.00 e. The molecule has 0 aliphatic rings. The van der Waals surface area contributed by atoms with E-state index >= 15 is 0 Å². The number of unbranched alkanes of at least 4 members (excludes halogenated alkanes) is 10. The van der Waals surface area contributed by atoms with Gasteiger partial charge in [0.25, 0.3) is 0 Å². The van der Waals surface area contributed by atoms with Crippen LogP contribution in [0.2, 0.25) is 0 Å². The molecule has 2 atom stereocenters. The van der Waals surface area contributed by atoms with E-state index in [-0.39, 0.29) is 35.7 Å². The van der Waals surface area contributed by atoms with Gasteiger partial charge in [0.15, 0.2) is 0 Å². The van der Waals surface area contributed by atoms with Crippen LogP contribution in [0.15, 0.2) is 0 Å². The van der Waals surface area contributed by atoms with Gasteiger partial charge < -0.3 is 9.66 Å². The SMILES string of the molecule is CCCCCCCCC(CCCCCC(O)CCCCCC)S(=O)(=O)[O-].[Na+]. The predicted molar refractivity (Wildman–Crippen MR) is 109 cm³/mol. The predicted octanol–water partition coefficient (Wildman–Crippen LogP) is 2.94. The first-order valence-electron chi connectivity index (χ1n) is 11.0. The van der Waals surface area contributed by atoms with E-state index in [2.05, 4.69) is 13.8 Å². The second kappa shape index (κ2) is 20.2. The number of hydrogen-bond acceptors (Lipinski definition) is 4. The zero-order valence-corrected chi connectivity index (χ0v) is 21.1. The van der Waals surface area contributed by atoms with Crippen molar-refractivity contribution in [1.82, 2.24) is 0 Å². The summed E-state index contributed by atoms with van der Waals surface area (Å²) in [6.07, 6.45) is 16.3. The maximum atomic E-state index is 11.4. The summed E-state index contributed by atoms with van der Waals surface area (Å²) in [6, 6.07) is 0. The molecule has 1 N–H and O–H groups in total. The summed E-state index contributed by atoms with van der Waals surface area (Å²) in [5.41, 5.74) is 0. The average Bonchev–Trinajstić information content (AvgIpc) is 2.58. The van der Waals surface area contributed by atoms with E-state index in [4.69, 9.17) is 0 Å². The molecule has 0 heterocycles. The number of hydrogen-bond donors (Lipinski definition) is 1. The van der Waals surface area contributed by atoms with Crippen LogP contribution in [-0.2, 0) is 10.1 Å². The monoisotopic (exact) mass is 414 g/mol. The molecule has 0 fully saturated rings. The van der Waals surface area contributed by atoms with Crippen LogP contribution in [0.25, 0.3) is 0 Å². The Balaban J connectivity index is 0. The van der Waals surface area contributed by atoms with Gasteiger partial charge in [0, 0.05) is 5.25 Å². The zero-order valence-electron chi connectivity index (χ0n) is 18.3. The van der Waals surface area contributed by atoms with Crippen LogP contribution in [0.1, 0.15) is 123 Å². The van der Waals surface area contributed by atoms with Crippen LogP contribution in [0.4, 0.5) is 0 Å². The van der Waals surface area contributed by atoms with Crippen LogP contribution in [-0.4, -0.2) is 29.4 Å². The van der Waals surface area contributed by atoms with Crippen molar-refractivity contribution in [3.05, 3.63) is 0 Å². The van der Waals surface area contributed by atoms with Gasteiger partial charge in [-0.15, -0.1) is 0 Å². The van der Waals surface area contributed by atoms with E-state index in [1.807, 2.05) is 0 Å². The second-order valence-corrected chi connectivity index (χ2v) is 9.46. The summed E-state index contributed by atoms with van der Waals surface area (Å²) < 4.78 is 34.3. The molecule has 0 aliphatic heterocycles. The number of rotatable bonds is 19. The Morgan fingerprint density at radius 2 is 1.00 bits per heavy atom. The van der Waals surface area contributed by atoms with Crippen LogP contribution in [0, 0.1) is 0 Å². The van der Waals surface area contributed by atoms with Crippen molar-refractivity contribution in [2.75, 3.05) is 0 Å². The third kappa shape index (κ3) is 19.9. The number of aliphatic hydroxyl groups is 1. The Labute approximate surface area is 191 Å². The summed E-state index contributed by atoms with van der Waals surface area (Å²) in [5, 5.41) is 9.23. The first-order chi connectivity index (χ1) is 12.4. The Kier molecular flexibility index (Phi) is 22.4. The molecule has 0 aromatic heterocycles. The first kappa shape index (κ1) is 30.1. The molecule has 0 spiro atoms. The fourth-order valence-electron chi connectivity index (χ4n) is 3.47. The molecule has 0 aromatic rings. The van der Waals surface area contributed by atoms with Crippen molar-refractivity contribution < 1.29 is 47.6 Å². The summed E-state index contributed by atoms with van der Waals surface area (Å²) in [5.74, 6) is 0. The Morgan fingerprint density at radius 1 is 0.667 bits per heavy atom. The normalized spacial score (nSPS) is 13.9. The molecule has 0 saturated heterocycles. The fourth-order valence-corrected chi connectivity index (χ4v) is 4.38. The molecule has 0 bridgehead atoms. The van der Waals surface area contributed by atoms with Crippen molar-refractivity contribution >= 4 is 10.1 Å². The van der Waals surface area contributed by atoms with Crippen LogP contribution >= 0.6 is 0 Å². The van der Waals surface area contributed by atoms with E-state index in [1.165, 1.54) is 38.5 Å². The Hall–Kier alpha value is 0.870. The topological polar surface area (TPSA) is 77.4 Å². The van der Waals surface area contributed by atoms with Gasteiger partial charge in [-0.05, 0) is 25.7 Å². The first-order valence-corrected chi connectivity index (χ1v) is 12.5. The van der Waals surface area contributed by atoms with Gasteiger partial charge in [-0.3, -0.25) is 0 Å². The summed E-state index contributed by atoms with van der Waals surface area (Å²) >= 11 is 0. The largest absolute Gasteiger partial charge is 1.00 e. The molecule has 2 unspecified atom stereocenters. The molecule has 27 heavy (non-hydrogen) atoms. The van der Waals surface area contributed by atoms with Crippen LogP contribution in [0.5, 0.6) is 0 Å². The molecule has 158 valence electrons.